The van der Waals surface area contributed by atoms with E-state index in [0.717, 1.165) is 29.0 Å². The maximum atomic E-state index is 12.8. The lowest BCUT2D eigenvalue weighted by molar-refractivity contribution is -0.113. The molecule has 8 nitrogen and oxygen atoms in total. The number of nitrogens with one attached hydrogen (secondary N) is 1. The Bertz CT molecular complexity index is 1090. The quantitative estimate of drug-likeness (QED) is 0.533. The molecular formula is C21H25N7OS2. The normalized spacial score (nSPS) is 14.5. The van der Waals surface area contributed by atoms with E-state index in [-0.39, 0.29) is 11.7 Å². The van der Waals surface area contributed by atoms with Crippen LogP contribution >= 0.6 is 23.1 Å². The summed E-state index contributed by atoms with van der Waals surface area (Å²) < 4.78 is 3.87. The number of hydrogen-bond donors (Lipinski definition) is 1. The number of tetrazole rings is 1. The first-order chi connectivity index (χ1) is 15.1. The average Bonchev–Trinajstić information content (AvgIpc) is 3.50. The van der Waals surface area contributed by atoms with Gasteiger partial charge in [-0.15, -0.1) is 16.4 Å². The minimum atomic E-state index is -0.165. The van der Waals surface area contributed by atoms with Gasteiger partial charge in [0.25, 0.3) is 0 Å². The maximum absolute atomic E-state index is 12.8. The van der Waals surface area contributed by atoms with Gasteiger partial charge in [-0.25, -0.2) is 4.68 Å². The second-order valence-corrected chi connectivity index (χ2v) is 9.72. The second-order valence-electron chi connectivity index (χ2n) is 7.74. The molecule has 0 saturated heterocycles. The predicted molar refractivity (Wildman–Crippen MR) is 121 cm³/mol. The van der Waals surface area contributed by atoms with Crippen LogP contribution in [0.4, 0.5) is 5.82 Å². The Morgan fingerprint density at radius 3 is 2.87 bits per heavy atom. The van der Waals surface area contributed by atoms with Crippen LogP contribution in [0.3, 0.4) is 0 Å². The number of hydrogen-bond acceptors (Lipinski definition) is 7. The van der Waals surface area contributed by atoms with E-state index in [1.165, 1.54) is 31.0 Å². The van der Waals surface area contributed by atoms with Gasteiger partial charge in [0.15, 0.2) is 0 Å². The summed E-state index contributed by atoms with van der Waals surface area (Å²) >= 11 is 2.94. The second kappa shape index (κ2) is 9.66. The van der Waals surface area contributed by atoms with Crippen molar-refractivity contribution in [2.75, 3.05) is 11.1 Å². The number of carbonyl (C=O) groups is 1. The molecule has 1 saturated carbocycles. The molecule has 0 radical (unpaired) electrons. The Kier molecular flexibility index (Phi) is 6.73. The fourth-order valence-electron chi connectivity index (χ4n) is 4.13. The van der Waals surface area contributed by atoms with Crippen LogP contribution in [0.25, 0.3) is 0 Å². The molecule has 0 spiro atoms. The number of thiophene rings is 1. The van der Waals surface area contributed by atoms with Gasteiger partial charge in [0.2, 0.25) is 11.1 Å². The van der Waals surface area contributed by atoms with Gasteiger partial charge in [-0.1, -0.05) is 37.1 Å². The van der Waals surface area contributed by atoms with Gasteiger partial charge in [0, 0.05) is 16.6 Å². The fourth-order valence-corrected chi connectivity index (χ4v) is 5.49. The van der Waals surface area contributed by atoms with Gasteiger partial charge < -0.3 is 9.88 Å². The van der Waals surface area contributed by atoms with Crippen LogP contribution in [0, 0.1) is 25.2 Å². The molecule has 1 aliphatic rings. The molecule has 10 heteroatoms. The average molecular weight is 456 g/mol. The molecule has 3 aromatic rings. The van der Waals surface area contributed by atoms with Crippen molar-refractivity contribution in [3.05, 3.63) is 39.2 Å². The molecule has 0 atom stereocenters. The van der Waals surface area contributed by atoms with Gasteiger partial charge in [-0.05, 0) is 54.1 Å². The number of aromatic nitrogens is 5. The highest BCUT2D eigenvalue weighted by atomic mass is 32.2. The lowest BCUT2D eigenvalue weighted by atomic mass is 9.95. The molecule has 4 rings (SSSR count). The van der Waals surface area contributed by atoms with E-state index in [9.17, 15) is 10.1 Å². The van der Waals surface area contributed by atoms with Crippen LogP contribution in [-0.2, 0) is 11.3 Å². The number of nitrogens with zero attached hydrogens (tertiary/aromatic N) is 6. The molecule has 1 fully saturated rings. The third kappa shape index (κ3) is 4.67. The van der Waals surface area contributed by atoms with Crippen molar-refractivity contribution < 1.29 is 4.79 Å². The van der Waals surface area contributed by atoms with E-state index in [1.54, 1.807) is 16.0 Å². The van der Waals surface area contributed by atoms with Crippen LogP contribution in [0.1, 0.15) is 59.8 Å². The molecule has 0 unspecified atom stereocenters. The van der Waals surface area contributed by atoms with E-state index in [2.05, 4.69) is 31.5 Å². The fraction of sp³-hybridized carbons (Fsp3) is 0.476. The number of anilines is 1. The van der Waals surface area contributed by atoms with Gasteiger partial charge >= 0.3 is 0 Å². The topological polar surface area (TPSA) is 101 Å². The first kappa shape index (κ1) is 21.6. The van der Waals surface area contributed by atoms with Gasteiger partial charge in [-0.3, -0.25) is 4.79 Å². The van der Waals surface area contributed by atoms with Crippen molar-refractivity contribution in [3.8, 4) is 6.07 Å². The maximum Gasteiger partial charge on any atom is 0.235 e. The molecule has 1 amide bonds. The Balaban J connectivity index is 1.47. The highest BCUT2D eigenvalue weighted by Gasteiger charge is 2.26. The predicted octanol–water partition coefficient (Wildman–Crippen LogP) is 4.31. The number of carbonyl (C=O) groups excluding carboxylic acids is 1. The van der Waals surface area contributed by atoms with E-state index in [4.69, 9.17) is 0 Å². The number of rotatable bonds is 7. The number of amides is 1. The molecule has 31 heavy (non-hydrogen) atoms. The third-order valence-electron chi connectivity index (χ3n) is 5.78. The van der Waals surface area contributed by atoms with Crippen molar-refractivity contribution >= 4 is 34.8 Å². The largest absolute Gasteiger partial charge is 0.327 e. The van der Waals surface area contributed by atoms with Gasteiger partial charge in [0.05, 0.1) is 17.9 Å². The standard InChI is InChI=1S/C21H25N7OS2/c1-14-15(2)28(16-7-4-3-5-8-16)20(18(14)11-22)23-19(29)13-31-21-24-25-26-27(21)12-17-9-6-10-30-17/h6,9-10,16H,3-5,7-8,12-13H2,1-2H3,(H,23,29). The summed E-state index contributed by atoms with van der Waals surface area (Å²) in [6, 6.07) is 6.64. The van der Waals surface area contributed by atoms with E-state index in [1.807, 2.05) is 31.4 Å². The molecule has 1 N–H and O–H groups in total. The Morgan fingerprint density at radius 2 is 2.16 bits per heavy atom. The molecule has 3 heterocycles. The van der Waals surface area contributed by atoms with Crippen molar-refractivity contribution in [3.63, 3.8) is 0 Å². The third-order valence-corrected chi connectivity index (χ3v) is 7.60. The summed E-state index contributed by atoms with van der Waals surface area (Å²) in [6.45, 7) is 4.57. The Labute approximate surface area is 189 Å². The zero-order valence-corrected chi connectivity index (χ0v) is 19.3. The molecule has 0 aromatic carbocycles. The van der Waals surface area contributed by atoms with E-state index < -0.39 is 0 Å². The Hall–Kier alpha value is -2.64. The van der Waals surface area contributed by atoms with Crippen molar-refractivity contribution in [1.29, 1.82) is 5.26 Å². The molecule has 1 aliphatic carbocycles. The van der Waals surface area contributed by atoms with Crippen molar-refractivity contribution in [2.45, 2.75) is 63.7 Å². The van der Waals surface area contributed by atoms with E-state index >= 15 is 0 Å². The van der Waals surface area contributed by atoms with Crippen molar-refractivity contribution in [1.82, 2.24) is 24.8 Å². The summed E-state index contributed by atoms with van der Waals surface area (Å²) in [7, 11) is 0. The van der Waals surface area contributed by atoms with Crippen LogP contribution in [-0.4, -0.2) is 36.4 Å². The van der Waals surface area contributed by atoms with Gasteiger partial charge in [-0.2, -0.15) is 5.26 Å². The Morgan fingerprint density at radius 1 is 1.35 bits per heavy atom. The molecule has 3 aromatic heterocycles. The summed E-state index contributed by atoms with van der Waals surface area (Å²) in [5.41, 5.74) is 2.56. The van der Waals surface area contributed by atoms with Crippen LogP contribution in [0.2, 0.25) is 0 Å². The van der Waals surface area contributed by atoms with E-state index in [0.29, 0.717) is 29.1 Å². The van der Waals surface area contributed by atoms with Gasteiger partial charge in [0.1, 0.15) is 11.9 Å². The highest BCUT2D eigenvalue weighted by molar-refractivity contribution is 7.99. The van der Waals surface area contributed by atoms with Crippen LogP contribution < -0.4 is 5.32 Å². The number of thioether (sulfide) groups is 1. The lowest BCUT2D eigenvalue weighted by Crippen LogP contribution is -2.22. The molecule has 162 valence electrons. The van der Waals surface area contributed by atoms with Crippen molar-refractivity contribution in [2.24, 2.45) is 0 Å². The summed E-state index contributed by atoms with van der Waals surface area (Å²) in [6.07, 6.45) is 5.77. The smallest absolute Gasteiger partial charge is 0.235 e. The molecule has 0 aliphatic heterocycles. The molecular weight excluding hydrogens is 430 g/mol. The van der Waals surface area contributed by atoms with Crippen LogP contribution in [0.15, 0.2) is 22.7 Å². The summed E-state index contributed by atoms with van der Waals surface area (Å²) in [4.78, 5) is 14.0. The SMILES string of the molecule is Cc1c(C#N)c(NC(=O)CSc2nnnn2Cc2cccs2)n(C2CCCCC2)c1C. The zero-order valence-electron chi connectivity index (χ0n) is 17.7. The lowest BCUT2D eigenvalue weighted by Gasteiger charge is -2.27. The highest BCUT2D eigenvalue weighted by Crippen LogP contribution is 2.36. The first-order valence-electron chi connectivity index (χ1n) is 10.4. The zero-order chi connectivity index (χ0) is 21.8. The minimum Gasteiger partial charge on any atom is -0.327 e. The summed E-state index contributed by atoms with van der Waals surface area (Å²) in [5, 5.41) is 27.2. The molecule has 0 bridgehead atoms. The summed E-state index contributed by atoms with van der Waals surface area (Å²) in [5.74, 6) is 0.638. The monoisotopic (exact) mass is 455 g/mol. The minimum absolute atomic E-state index is 0.165. The van der Waals surface area contributed by atoms with Crippen LogP contribution in [0.5, 0.6) is 0 Å². The number of nitriles is 1. The first-order valence-corrected chi connectivity index (χ1v) is 12.3.